The Hall–Kier alpha value is -0.570. The molecular weight excluding hydrogens is 152 g/mol. The molecule has 12 heavy (non-hydrogen) atoms. The minimum absolute atomic E-state index is 0.206. The maximum absolute atomic E-state index is 11.2. The SMILES string of the molecule is CCNC(=O)CC1CCN(C)C1. The van der Waals surface area contributed by atoms with Crippen molar-refractivity contribution in [3.05, 3.63) is 0 Å². The molecule has 3 heteroatoms. The van der Waals surface area contributed by atoms with E-state index in [4.69, 9.17) is 0 Å². The monoisotopic (exact) mass is 170 g/mol. The summed E-state index contributed by atoms with van der Waals surface area (Å²) in [5.41, 5.74) is 0. The zero-order valence-corrected chi connectivity index (χ0v) is 7.97. The maximum atomic E-state index is 11.2. The van der Waals surface area contributed by atoms with E-state index in [1.807, 2.05) is 6.92 Å². The highest BCUT2D eigenvalue weighted by Gasteiger charge is 2.21. The molecule has 0 spiro atoms. The van der Waals surface area contributed by atoms with Crippen LogP contribution in [-0.4, -0.2) is 37.5 Å². The summed E-state index contributed by atoms with van der Waals surface area (Å²) in [7, 11) is 2.11. The highest BCUT2D eigenvalue weighted by atomic mass is 16.1. The van der Waals surface area contributed by atoms with E-state index in [2.05, 4.69) is 17.3 Å². The Kier molecular flexibility index (Phi) is 3.53. The molecule has 70 valence electrons. The van der Waals surface area contributed by atoms with E-state index in [0.29, 0.717) is 12.3 Å². The van der Waals surface area contributed by atoms with Gasteiger partial charge in [0.1, 0.15) is 0 Å². The highest BCUT2D eigenvalue weighted by molar-refractivity contribution is 5.76. The molecule has 0 aromatic carbocycles. The zero-order valence-electron chi connectivity index (χ0n) is 7.97. The Labute approximate surface area is 74.1 Å². The first-order chi connectivity index (χ1) is 5.72. The van der Waals surface area contributed by atoms with Gasteiger partial charge in [-0.3, -0.25) is 4.79 Å². The summed E-state index contributed by atoms with van der Waals surface area (Å²) in [6, 6.07) is 0. The molecule has 1 aliphatic rings. The Morgan fingerprint density at radius 3 is 2.92 bits per heavy atom. The first-order valence-corrected chi connectivity index (χ1v) is 4.67. The minimum Gasteiger partial charge on any atom is -0.356 e. The average Bonchev–Trinajstić information content (AvgIpc) is 2.36. The van der Waals surface area contributed by atoms with E-state index < -0.39 is 0 Å². The van der Waals surface area contributed by atoms with Gasteiger partial charge in [0.15, 0.2) is 0 Å². The molecule has 0 aromatic rings. The summed E-state index contributed by atoms with van der Waals surface area (Å²) in [5, 5.41) is 2.83. The standard InChI is InChI=1S/C9H18N2O/c1-3-10-9(12)6-8-4-5-11(2)7-8/h8H,3-7H2,1-2H3,(H,10,12). The van der Waals surface area contributed by atoms with Crippen molar-refractivity contribution in [2.24, 2.45) is 5.92 Å². The van der Waals surface area contributed by atoms with Crippen LogP contribution in [0.3, 0.4) is 0 Å². The number of nitrogens with zero attached hydrogens (tertiary/aromatic N) is 1. The van der Waals surface area contributed by atoms with Gasteiger partial charge in [-0.1, -0.05) is 0 Å². The van der Waals surface area contributed by atoms with Crippen molar-refractivity contribution < 1.29 is 4.79 Å². The van der Waals surface area contributed by atoms with E-state index in [0.717, 1.165) is 19.6 Å². The van der Waals surface area contributed by atoms with Crippen molar-refractivity contribution in [1.82, 2.24) is 10.2 Å². The van der Waals surface area contributed by atoms with E-state index >= 15 is 0 Å². The molecule has 1 atom stereocenters. The van der Waals surface area contributed by atoms with Gasteiger partial charge in [0.25, 0.3) is 0 Å². The summed E-state index contributed by atoms with van der Waals surface area (Å²) < 4.78 is 0. The van der Waals surface area contributed by atoms with Gasteiger partial charge in [0.05, 0.1) is 0 Å². The smallest absolute Gasteiger partial charge is 0.220 e. The third-order valence-electron chi connectivity index (χ3n) is 2.34. The van der Waals surface area contributed by atoms with Crippen molar-refractivity contribution in [1.29, 1.82) is 0 Å². The molecule has 1 N–H and O–H groups in total. The van der Waals surface area contributed by atoms with Crippen molar-refractivity contribution >= 4 is 5.91 Å². The molecule has 0 radical (unpaired) electrons. The van der Waals surface area contributed by atoms with E-state index in [-0.39, 0.29) is 5.91 Å². The molecular formula is C9H18N2O. The van der Waals surface area contributed by atoms with Crippen LogP contribution in [-0.2, 0) is 4.79 Å². The fraction of sp³-hybridized carbons (Fsp3) is 0.889. The fourth-order valence-electron chi connectivity index (χ4n) is 1.72. The highest BCUT2D eigenvalue weighted by Crippen LogP contribution is 2.17. The maximum Gasteiger partial charge on any atom is 0.220 e. The van der Waals surface area contributed by atoms with Gasteiger partial charge in [-0.15, -0.1) is 0 Å². The summed E-state index contributed by atoms with van der Waals surface area (Å²) in [5.74, 6) is 0.791. The van der Waals surface area contributed by atoms with Gasteiger partial charge in [0.2, 0.25) is 5.91 Å². The number of carbonyl (C=O) groups excluding carboxylic acids is 1. The quantitative estimate of drug-likeness (QED) is 0.667. The molecule has 1 rings (SSSR count). The van der Waals surface area contributed by atoms with Gasteiger partial charge in [0, 0.05) is 19.5 Å². The van der Waals surface area contributed by atoms with Crippen LogP contribution in [0.25, 0.3) is 0 Å². The summed E-state index contributed by atoms with van der Waals surface area (Å²) in [6.07, 6.45) is 1.88. The summed E-state index contributed by atoms with van der Waals surface area (Å²) in [6.45, 7) is 4.93. The van der Waals surface area contributed by atoms with Gasteiger partial charge in [-0.25, -0.2) is 0 Å². The lowest BCUT2D eigenvalue weighted by Crippen LogP contribution is -2.26. The van der Waals surface area contributed by atoms with Gasteiger partial charge in [-0.2, -0.15) is 0 Å². The molecule has 0 aliphatic carbocycles. The third kappa shape index (κ3) is 2.81. The largest absolute Gasteiger partial charge is 0.356 e. The molecule has 0 aromatic heterocycles. The lowest BCUT2D eigenvalue weighted by atomic mass is 10.0. The van der Waals surface area contributed by atoms with Crippen molar-refractivity contribution in [2.75, 3.05) is 26.7 Å². The van der Waals surface area contributed by atoms with Crippen LogP contribution in [0.5, 0.6) is 0 Å². The second-order valence-corrected chi connectivity index (χ2v) is 3.57. The molecule has 3 nitrogen and oxygen atoms in total. The Bertz CT molecular complexity index is 159. The van der Waals surface area contributed by atoms with Crippen molar-refractivity contribution in [2.45, 2.75) is 19.8 Å². The number of hydrogen-bond acceptors (Lipinski definition) is 2. The number of likely N-dealkylation sites (tertiary alicyclic amines) is 1. The Morgan fingerprint density at radius 1 is 1.67 bits per heavy atom. The number of rotatable bonds is 3. The number of nitrogens with one attached hydrogen (secondary N) is 1. The van der Waals surface area contributed by atoms with Crippen LogP contribution in [0.2, 0.25) is 0 Å². The van der Waals surface area contributed by atoms with Crippen LogP contribution < -0.4 is 5.32 Å². The summed E-state index contributed by atoms with van der Waals surface area (Å²) in [4.78, 5) is 13.5. The predicted octanol–water partition coefficient (Wildman–Crippen LogP) is 0.464. The molecule has 1 amide bonds. The Balaban J connectivity index is 2.18. The molecule has 1 fully saturated rings. The molecule has 1 aliphatic heterocycles. The van der Waals surface area contributed by atoms with Crippen molar-refractivity contribution in [3.8, 4) is 0 Å². The predicted molar refractivity (Wildman–Crippen MR) is 48.9 cm³/mol. The van der Waals surface area contributed by atoms with Crippen LogP contribution in [0.4, 0.5) is 0 Å². The second-order valence-electron chi connectivity index (χ2n) is 3.57. The molecule has 0 bridgehead atoms. The number of amides is 1. The first kappa shape index (κ1) is 9.52. The number of carbonyl (C=O) groups is 1. The molecule has 1 saturated heterocycles. The Morgan fingerprint density at radius 2 is 2.42 bits per heavy atom. The minimum atomic E-state index is 0.206. The van der Waals surface area contributed by atoms with Gasteiger partial charge < -0.3 is 10.2 Å². The van der Waals surface area contributed by atoms with Crippen LogP contribution >= 0.6 is 0 Å². The zero-order chi connectivity index (χ0) is 8.97. The van der Waals surface area contributed by atoms with Crippen LogP contribution in [0.1, 0.15) is 19.8 Å². The van der Waals surface area contributed by atoms with Crippen molar-refractivity contribution in [3.63, 3.8) is 0 Å². The lowest BCUT2D eigenvalue weighted by Gasteiger charge is -2.09. The van der Waals surface area contributed by atoms with Crippen LogP contribution in [0.15, 0.2) is 0 Å². The normalized spacial score (nSPS) is 24.3. The third-order valence-corrected chi connectivity index (χ3v) is 2.34. The van der Waals surface area contributed by atoms with Gasteiger partial charge in [-0.05, 0) is 32.9 Å². The topological polar surface area (TPSA) is 32.3 Å². The number of hydrogen-bond donors (Lipinski definition) is 1. The van der Waals surface area contributed by atoms with E-state index in [1.54, 1.807) is 0 Å². The van der Waals surface area contributed by atoms with Gasteiger partial charge >= 0.3 is 0 Å². The van der Waals surface area contributed by atoms with E-state index in [1.165, 1.54) is 6.42 Å². The average molecular weight is 170 g/mol. The second kappa shape index (κ2) is 4.45. The summed E-state index contributed by atoms with van der Waals surface area (Å²) >= 11 is 0. The molecule has 1 heterocycles. The molecule has 0 saturated carbocycles. The van der Waals surface area contributed by atoms with E-state index in [9.17, 15) is 4.79 Å². The molecule has 1 unspecified atom stereocenters. The first-order valence-electron chi connectivity index (χ1n) is 4.67. The fourth-order valence-corrected chi connectivity index (χ4v) is 1.72. The lowest BCUT2D eigenvalue weighted by molar-refractivity contribution is -0.121. The van der Waals surface area contributed by atoms with Crippen LogP contribution in [0, 0.1) is 5.92 Å².